The van der Waals surface area contributed by atoms with Crippen LogP contribution < -0.4 is 11.1 Å². The molecule has 5 nitrogen and oxygen atoms in total. The van der Waals surface area contributed by atoms with Gasteiger partial charge in [0.2, 0.25) is 5.91 Å². The maximum Gasteiger partial charge on any atom is 0.240 e. The SMILES string of the molecule is Cn1ccc(CNC(=O)C2(N)CC2)n1. The van der Waals surface area contributed by atoms with Gasteiger partial charge in [-0.1, -0.05) is 0 Å². The lowest BCUT2D eigenvalue weighted by molar-refractivity contribution is -0.123. The quantitative estimate of drug-likeness (QED) is 0.683. The van der Waals surface area contributed by atoms with Gasteiger partial charge in [-0.2, -0.15) is 5.10 Å². The van der Waals surface area contributed by atoms with Crippen molar-refractivity contribution in [3.05, 3.63) is 18.0 Å². The Kier molecular flexibility index (Phi) is 2.03. The zero-order valence-electron chi connectivity index (χ0n) is 8.16. The zero-order valence-corrected chi connectivity index (χ0v) is 8.16. The number of rotatable bonds is 3. The predicted octanol–water partition coefficient (Wildman–Crippen LogP) is -0.472. The molecule has 3 N–H and O–H groups in total. The van der Waals surface area contributed by atoms with Gasteiger partial charge < -0.3 is 11.1 Å². The summed E-state index contributed by atoms with van der Waals surface area (Å²) in [6.45, 7) is 0.457. The predicted molar refractivity (Wildman–Crippen MR) is 51.2 cm³/mol. The maximum absolute atomic E-state index is 11.4. The molecule has 2 rings (SSSR count). The van der Waals surface area contributed by atoms with Gasteiger partial charge in [0.15, 0.2) is 0 Å². The van der Waals surface area contributed by atoms with Gasteiger partial charge in [-0.3, -0.25) is 9.48 Å². The van der Waals surface area contributed by atoms with Crippen LogP contribution in [0.1, 0.15) is 18.5 Å². The van der Waals surface area contributed by atoms with Crippen LogP contribution in [0.15, 0.2) is 12.3 Å². The first-order chi connectivity index (χ1) is 6.60. The Bertz CT molecular complexity index is 353. The third-order valence-corrected chi connectivity index (χ3v) is 2.44. The fourth-order valence-electron chi connectivity index (χ4n) is 1.27. The summed E-state index contributed by atoms with van der Waals surface area (Å²) in [4.78, 5) is 11.4. The van der Waals surface area contributed by atoms with Gasteiger partial charge in [-0.15, -0.1) is 0 Å². The molecule has 1 aromatic heterocycles. The average Bonchev–Trinajstić information content (AvgIpc) is 2.76. The molecule has 0 unspecified atom stereocenters. The van der Waals surface area contributed by atoms with Gasteiger partial charge in [-0.05, 0) is 18.9 Å². The van der Waals surface area contributed by atoms with Crippen molar-refractivity contribution in [2.45, 2.75) is 24.9 Å². The summed E-state index contributed by atoms with van der Waals surface area (Å²) in [7, 11) is 1.84. The average molecular weight is 194 g/mol. The Morgan fingerprint density at radius 1 is 1.79 bits per heavy atom. The summed E-state index contributed by atoms with van der Waals surface area (Å²) >= 11 is 0. The minimum Gasteiger partial charge on any atom is -0.349 e. The van der Waals surface area contributed by atoms with E-state index in [2.05, 4.69) is 10.4 Å². The summed E-state index contributed by atoms with van der Waals surface area (Å²) in [6, 6.07) is 1.87. The molecule has 0 spiro atoms. The van der Waals surface area contributed by atoms with Gasteiger partial charge in [0.25, 0.3) is 0 Å². The molecular weight excluding hydrogens is 180 g/mol. The van der Waals surface area contributed by atoms with Crippen molar-refractivity contribution in [2.75, 3.05) is 0 Å². The lowest BCUT2D eigenvalue weighted by Crippen LogP contribution is -2.42. The number of nitrogens with zero attached hydrogens (tertiary/aromatic N) is 2. The van der Waals surface area contributed by atoms with Crippen LogP contribution in [-0.4, -0.2) is 21.2 Å². The van der Waals surface area contributed by atoms with E-state index in [4.69, 9.17) is 5.73 Å². The van der Waals surface area contributed by atoms with Crippen molar-refractivity contribution in [1.82, 2.24) is 15.1 Å². The van der Waals surface area contributed by atoms with Crippen molar-refractivity contribution in [3.63, 3.8) is 0 Å². The normalized spacial score (nSPS) is 17.9. The van der Waals surface area contributed by atoms with E-state index in [1.54, 1.807) is 4.68 Å². The van der Waals surface area contributed by atoms with Gasteiger partial charge >= 0.3 is 0 Å². The minimum atomic E-state index is -0.589. The molecule has 76 valence electrons. The van der Waals surface area contributed by atoms with Crippen molar-refractivity contribution >= 4 is 5.91 Å². The summed E-state index contributed by atoms with van der Waals surface area (Å²) in [6.07, 6.45) is 3.43. The first-order valence-corrected chi connectivity index (χ1v) is 4.66. The summed E-state index contributed by atoms with van der Waals surface area (Å²) < 4.78 is 1.71. The largest absolute Gasteiger partial charge is 0.349 e. The fourth-order valence-corrected chi connectivity index (χ4v) is 1.27. The number of aromatic nitrogens is 2. The van der Waals surface area contributed by atoms with E-state index in [0.29, 0.717) is 6.54 Å². The number of hydrogen-bond donors (Lipinski definition) is 2. The Morgan fingerprint density at radius 3 is 3.00 bits per heavy atom. The fraction of sp³-hybridized carbons (Fsp3) is 0.556. The van der Waals surface area contributed by atoms with Crippen LogP contribution in [0.4, 0.5) is 0 Å². The molecule has 0 aromatic carbocycles. The Morgan fingerprint density at radius 2 is 2.50 bits per heavy atom. The molecule has 5 heteroatoms. The second-order valence-corrected chi connectivity index (χ2v) is 3.82. The molecule has 1 saturated carbocycles. The third-order valence-electron chi connectivity index (χ3n) is 2.44. The van der Waals surface area contributed by atoms with E-state index in [9.17, 15) is 4.79 Å². The van der Waals surface area contributed by atoms with Gasteiger partial charge in [0, 0.05) is 13.2 Å². The van der Waals surface area contributed by atoms with Crippen LogP contribution in [0.5, 0.6) is 0 Å². The van der Waals surface area contributed by atoms with E-state index in [0.717, 1.165) is 18.5 Å². The topological polar surface area (TPSA) is 72.9 Å². The van der Waals surface area contributed by atoms with Crippen LogP contribution >= 0.6 is 0 Å². The van der Waals surface area contributed by atoms with Gasteiger partial charge in [-0.25, -0.2) is 0 Å². The molecule has 1 aliphatic rings. The summed E-state index contributed by atoms with van der Waals surface area (Å²) in [5.74, 6) is -0.0665. The zero-order chi connectivity index (χ0) is 10.2. The van der Waals surface area contributed by atoms with E-state index in [1.807, 2.05) is 19.3 Å². The Hall–Kier alpha value is -1.36. The lowest BCUT2D eigenvalue weighted by atomic mass is 10.2. The number of carbonyl (C=O) groups is 1. The van der Waals surface area contributed by atoms with Crippen LogP contribution in [0.3, 0.4) is 0 Å². The monoisotopic (exact) mass is 194 g/mol. The molecular formula is C9H14N4O. The second kappa shape index (κ2) is 3.09. The molecule has 1 amide bonds. The maximum atomic E-state index is 11.4. The van der Waals surface area contributed by atoms with Crippen molar-refractivity contribution in [2.24, 2.45) is 12.8 Å². The first-order valence-electron chi connectivity index (χ1n) is 4.66. The highest BCUT2D eigenvalue weighted by atomic mass is 16.2. The van der Waals surface area contributed by atoms with E-state index in [-0.39, 0.29) is 5.91 Å². The number of nitrogens with one attached hydrogen (secondary N) is 1. The second-order valence-electron chi connectivity index (χ2n) is 3.82. The van der Waals surface area contributed by atoms with Crippen molar-refractivity contribution in [3.8, 4) is 0 Å². The van der Waals surface area contributed by atoms with Crippen molar-refractivity contribution < 1.29 is 4.79 Å². The number of hydrogen-bond acceptors (Lipinski definition) is 3. The molecule has 0 bridgehead atoms. The molecule has 0 saturated heterocycles. The molecule has 0 atom stereocenters. The van der Waals surface area contributed by atoms with Crippen LogP contribution in [-0.2, 0) is 18.4 Å². The number of amides is 1. The molecule has 0 radical (unpaired) electrons. The number of nitrogens with two attached hydrogens (primary N) is 1. The summed E-state index contributed by atoms with van der Waals surface area (Å²) in [5.41, 5.74) is 5.99. The Balaban J connectivity index is 1.85. The highest BCUT2D eigenvalue weighted by Gasteiger charge is 2.45. The van der Waals surface area contributed by atoms with E-state index >= 15 is 0 Å². The minimum absolute atomic E-state index is 0.0665. The summed E-state index contributed by atoms with van der Waals surface area (Å²) in [5, 5.41) is 6.92. The number of aryl methyl sites for hydroxylation is 1. The highest BCUT2D eigenvalue weighted by molar-refractivity contribution is 5.88. The molecule has 1 fully saturated rings. The highest BCUT2D eigenvalue weighted by Crippen LogP contribution is 2.32. The van der Waals surface area contributed by atoms with E-state index in [1.165, 1.54) is 0 Å². The molecule has 0 aliphatic heterocycles. The van der Waals surface area contributed by atoms with Crippen LogP contribution in [0, 0.1) is 0 Å². The molecule has 1 aliphatic carbocycles. The third kappa shape index (κ3) is 1.77. The molecule has 14 heavy (non-hydrogen) atoms. The van der Waals surface area contributed by atoms with Gasteiger partial charge in [0.1, 0.15) is 0 Å². The first kappa shape index (κ1) is 9.21. The molecule has 1 aromatic rings. The Labute approximate surface area is 82.3 Å². The smallest absolute Gasteiger partial charge is 0.240 e. The number of carbonyl (C=O) groups excluding carboxylic acids is 1. The lowest BCUT2D eigenvalue weighted by Gasteiger charge is -2.08. The van der Waals surface area contributed by atoms with Crippen LogP contribution in [0.2, 0.25) is 0 Å². The van der Waals surface area contributed by atoms with Gasteiger partial charge in [0.05, 0.1) is 17.8 Å². The standard InChI is InChI=1S/C9H14N4O/c1-13-5-2-7(12-13)6-11-8(14)9(10)3-4-9/h2,5H,3-4,6,10H2,1H3,(H,11,14). The molecule has 1 heterocycles. The van der Waals surface area contributed by atoms with Crippen LogP contribution in [0.25, 0.3) is 0 Å². The van der Waals surface area contributed by atoms with Crippen molar-refractivity contribution in [1.29, 1.82) is 0 Å². The van der Waals surface area contributed by atoms with E-state index < -0.39 is 5.54 Å².